The second kappa shape index (κ2) is 4.22. The van der Waals surface area contributed by atoms with E-state index in [1.165, 1.54) is 23.2 Å². The van der Waals surface area contributed by atoms with Gasteiger partial charge in [0, 0.05) is 17.8 Å². The van der Waals surface area contributed by atoms with Crippen LogP contribution in [-0.4, -0.2) is 9.97 Å². The zero-order valence-electron chi connectivity index (χ0n) is 8.94. The number of aryl methyl sites for hydroxylation is 1. The molecule has 0 amide bonds. The molecule has 16 heavy (non-hydrogen) atoms. The number of rotatable bonds is 3. The SMILES string of the molecule is c1nc2c(c(NCc3ccsc3)n1)CCC2. The normalized spacial score (nSPS) is 13.8. The zero-order valence-corrected chi connectivity index (χ0v) is 9.76. The molecule has 2 aromatic heterocycles. The Morgan fingerprint density at radius 1 is 1.31 bits per heavy atom. The van der Waals surface area contributed by atoms with Crippen molar-refractivity contribution >= 4 is 17.2 Å². The van der Waals surface area contributed by atoms with Crippen LogP contribution in [0.25, 0.3) is 0 Å². The van der Waals surface area contributed by atoms with E-state index in [4.69, 9.17) is 0 Å². The topological polar surface area (TPSA) is 37.8 Å². The van der Waals surface area contributed by atoms with Crippen LogP contribution in [0.1, 0.15) is 23.2 Å². The molecule has 0 atom stereocenters. The Labute approximate surface area is 98.6 Å². The highest BCUT2D eigenvalue weighted by atomic mass is 32.1. The van der Waals surface area contributed by atoms with Crippen molar-refractivity contribution in [1.29, 1.82) is 0 Å². The summed E-state index contributed by atoms with van der Waals surface area (Å²) in [6, 6.07) is 2.14. The van der Waals surface area contributed by atoms with Gasteiger partial charge in [0.05, 0.1) is 0 Å². The van der Waals surface area contributed by atoms with Gasteiger partial charge in [-0.2, -0.15) is 11.3 Å². The fourth-order valence-electron chi connectivity index (χ4n) is 2.09. The van der Waals surface area contributed by atoms with Gasteiger partial charge in [-0.15, -0.1) is 0 Å². The molecule has 0 saturated carbocycles. The number of hydrogen-bond acceptors (Lipinski definition) is 4. The van der Waals surface area contributed by atoms with Crippen LogP contribution in [-0.2, 0) is 19.4 Å². The molecule has 0 unspecified atom stereocenters. The minimum absolute atomic E-state index is 0.854. The van der Waals surface area contributed by atoms with Crippen LogP contribution in [0.5, 0.6) is 0 Å². The number of aromatic nitrogens is 2. The van der Waals surface area contributed by atoms with E-state index in [0.29, 0.717) is 0 Å². The van der Waals surface area contributed by atoms with Crippen LogP contribution in [0, 0.1) is 0 Å². The van der Waals surface area contributed by atoms with E-state index in [2.05, 4.69) is 32.1 Å². The predicted molar refractivity (Wildman–Crippen MR) is 65.7 cm³/mol. The number of nitrogens with zero attached hydrogens (tertiary/aromatic N) is 2. The molecule has 82 valence electrons. The summed E-state index contributed by atoms with van der Waals surface area (Å²) in [6.07, 6.45) is 5.09. The molecule has 0 saturated heterocycles. The average Bonchev–Trinajstić information content (AvgIpc) is 2.97. The second-order valence-corrected chi connectivity index (χ2v) is 4.77. The maximum Gasteiger partial charge on any atom is 0.133 e. The van der Waals surface area contributed by atoms with Gasteiger partial charge < -0.3 is 5.32 Å². The van der Waals surface area contributed by atoms with E-state index in [9.17, 15) is 0 Å². The summed E-state index contributed by atoms with van der Waals surface area (Å²) in [6.45, 7) is 0.854. The average molecular weight is 231 g/mol. The lowest BCUT2D eigenvalue weighted by Crippen LogP contribution is -2.04. The van der Waals surface area contributed by atoms with Crippen molar-refractivity contribution in [3.05, 3.63) is 40.0 Å². The molecule has 4 heteroatoms. The van der Waals surface area contributed by atoms with Crippen molar-refractivity contribution in [2.45, 2.75) is 25.8 Å². The number of hydrogen-bond donors (Lipinski definition) is 1. The lowest BCUT2D eigenvalue weighted by molar-refractivity contribution is 0.899. The Kier molecular flexibility index (Phi) is 2.58. The molecular formula is C12H13N3S. The first-order chi connectivity index (χ1) is 7.93. The third-order valence-corrected chi connectivity index (χ3v) is 3.65. The highest BCUT2D eigenvalue weighted by Gasteiger charge is 2.16. The van der Waals surface area contributed by atoms with Crippen LogP contribution in [0.4, 0.5) is 5.82 Å². The summed E-state index contributed by atoms with van der Waals surface area (Å²) >= 11 is 1.73. The standard InChI is InChI=1S/C12H13N3S/c1-2-10-11(3-1)14-8-15-12(10)13-6-9-4-5-16-7-9/h4-5,7-8H,1-3,6H2,(H,13,14,15). The van der Waals surface area contributed by atoms with E-state index in [-0.39, 0.29) is 0 Å². The molecule has 2 aromatic rings. The van der Waals surface area contributed by atoms with Crippen LogP contribution in [0.2, 0.25) is 0 Å². The van der Waals surface area contributed by atoms with Gasteiger partial charge in [-0.1, -0.05) is 0 Å². The van der Waals surface area contributed by atoms with Gasteiger partial charge in [0.2, 0.25) is 0 Å². The number of thiophene rings is 1. The van der Waals surface area contributed by atoms with Crippen molar-refractivity contribution in [2.24, 2.45) is 0 Å². The predicted octanol–water partition coefficient (Wildman–Crippen LogP) is 2.64. The third-order valence-electron chi connectivity index (χ3n) is 2.92. The first kappa shape index (κ1) is 9.78. The zero-order chi connectivity index (χ0) is 10.8. The molecule has 3 rings (SSSR count). The van der Waals surface area contributed by atoms with E-state index >= 15 is 0 Å². The molecule has 0 spiro atoms. The maximum absolute atomic E-state index is 4.33. The van der Waals surface area contributed by atoms with Crippen molar-refractivity contribution in [2.75, 3.05) is 5.32 Å². The second-order valence-electron chi connectivity index (χ2n) is 3.99. The highest BCUT2D eigenvalue weighted by molar-refractivity contribution is 7.07. The monoisotopic (exact) mass is 231 g/mol. The molecule has 0 aliphatic heterocycles. The first-order valence-electron chi connectivity index (χ1n) is 5.51. The van der Waals surface area contributed by atoms with Gasteiger partial charge in [-0.25, -0.2) is 9.97 Å². The molecule has 1 aliphatic carbocycles. The summed E-state index contributed by atoms with van der Waals surface area (Å²) < 4.78 is 0. The number of anilines is 1. The summed E-state index contributed by atoms with van der Waals surface area (Å²) in [5.41, 5.74) is 3.86. The minimum Gasteiger partial charge on any atom is -0.366 e. The molecular weight excluding hydrogens is 218 g/mol. The van der Waals surface area contributed by atoms with Crippen molar-refractivity contribution in [3.8, 4) is 0 Å². The number of nitrogens with one attached hydrogen (secondary N) is 1. The number of fused-ring (bicyclic) bond motifs is 1. The van der Waals surface area contributed by atoms with Crippen LogP contribution >= 0.6 is 11.3 Å². The van der Waals surface area contributed by atoms with E-state index in [1.54, 1.807) is 17.7 Å². The van der Waals surface area contributed by atoms with Crippen LogP contribution in [0.3, 0.4) is 0 Å². The van der Waals surface area contributed by atoms with Crippen molar-refractivity contribution in [3.63, 3.8) is 0 Å². The van der Waals surface area contributed by atoms with Gasteiger partial charge >= 0.3 is 0 Å². The van der Waals surface area contributed by atoms with Gasteiger partial charge in [0.25, 0.3) is 0 Å². The molecule has 3 nitrogen and oxygen atoms in total. The summed E-state index contributed by atoms with van der Waals surface area (Å²) in [5.74, 6) is 1.02. The van der Waals surface area contributed by atoms with Crippen LogP contribution in [0.15, 0.2) is 23.2 Å². The fourth-order valence-corrected chi connectivity index (χ4v) is 2.76. The van der Waals surface area contributed by atoms with E-state index in [0.717, 1.165) is 25.2 Å². The van der Waals surface area contributed by atoms with E-state index in [1.807, 2.05) is 0 Å². The quantitative estimate of drug-likeness (QED) is 0.882. The summed E-state index contributed by atoms with van der Waals surface area (Å²) in [7, 11) is 0. The lowest BCUT2D eigenvalue weighted by Gasteiger charge is -2.08. The molecule has 0 bridgehead atoms. The van der Waals surface area contributed by atoms with Gasteiger partial charge in [-0.3, -0.25) is 0 Å². The van der Waals surface area contributed by atoms with Crippen molar-refractivity contribution < 1.29 is 0 Å². The first-order valence-corrected chi connectivity index (χ1v) is 6.45. The lowest BCUT2D eigenvalue weighted by atomic mass is 10.2. The summed E-state index contributed by atoms with van der Waals surface area (Å²) in [5, 5.41) is 7.66. The Hall–Kier alpha value is -1.42. The largest absolute Gasteiger partial charge is 0.366 e. The van der Waals surface area contributed by atoms with Crippen LogP contribution < -0.4 is 5.32 Å². The molecule has 0 radical (unpaired) electrons. The van der Waals surface area contributed by atoms with Crippen molar-refractivity contribution in [1.82, 2.24) is 9.97 Å². The summed E-state index contributed by atoms with van der Waals surface area (Å²) in [4.78, 5) is 8.65. The highest BCUT2D eigenvalue weighted by Crippen LogP contribution is 2.25. The van der Waals surface area contributed by atoms with Gasteiger partial charge in [-0.05, 0) is 41.7 Å². The molecule has 0 fully saturated rings. The Morgan fingerprint density at radius 3 is 3.19 bits per heavy atom. The van der Waals surface area contributed by atoms with Gasteiger partial charge in [0.1, 0.15) is 12.1 Å². The molecule has 0 aromatic carbocycles. The Morgan fingerprint density at radius 2 is 2.31 bits per heavy atom. The smallest absolute Gasteiger partial charge is 0.133 e. The third kappa shape index (κ3) is 1.80. The Bertz CT molecular complexity index is 479. The van der Waals surface area contributed by atoms with Gasteiger partial charge in [0.15, 0.2) is 0 Å². The molecule has 2 heterocycles. The maximum atomic E-state index is 4.33. The minimum atomic E-state index is 0.854. The molecule has 1 N–H and O–H groups in total. The fraction of sp³-hybridized carbons (Fsp3) is 0.333. The molecule has 1 aliphatic rings. The Balaban J connectivity index is 1.78. The van der Waals surface area contributed by atoms with E-state index < -0.39 is 0 Å².